The molecule has 34 heavy (non-hydrogen) atoms. The average Bonchev–Trinajstić information content (AvgIpc) is 3.49. The van der Waals surface area contributed by atoms with Gasteiger partial charge in [0, 0.05) is 36.2 Å². The molecule has 1 fully saturated rings. The summed E-state index contributed by atoms with van der Waals surface area (Å²) in [6.45, 7) is 1.76. The van der Waals surface area contributed by atoms with Crippen LogP contribution in [0.1, 0.15) is 54.4 Å². The SMILES string of the molecule is O=C(O)CCCCCOc1ccccc1CN(CC1CC1)C(=O)c1ccc(-c2ccco2)cc1. The third-order valence-electron chi connectivity index (χ3n) is 6.03. The summed E-state index contributed by atoms with van der Waals surface area (Å²) in [4.78, 5) is 26.0. The summed E-state index contributed by atoms with van der Waals surface area (Å²) in [5.41, 5.74) is 2.58. The number of carboxylic acid groups (broad SMARTS) is 1. The van der Waals surface area contributed by atoms with Gasteiger partial charge in [0.1, 0.15) is 11.5 Å². The van der Waals surface area contributed by atoms with Crippen LogP contribution in [0.25, 0.3) is 11.3 Å². The first-order chi connectivity index (χ1) is 16.6. The van der Waals surface area contributed by atoms with Crippen LogP contribution in [-0.4, -0.2) is 35.0 Å². The maximum Gasteiger partial charge on any atom is 0.303 e. The van der Waals surface area contributed by atoms with Gasteiger partial charge in [-0.15, -0.1) is 0 Å². The lowest BCUT2D eigenvalue weighted by Crippen LogP contribution is -2.32. The number of hydrogen-bond acceptors (Lipinski definition) is 4. The van der Waals surface area contributed by atoms with Crippen LogP contribution in [0.2, 0.25) is 0 Å². The van der Waals surface area contributed by atoms with Gasteiger partial charge in [0.2, 0.25) is 0 Å². The van der Waals surface area contributed by atoms with E-state index in [0.717, 1.165) is 54.9 Å². The highest BCUT2D eigenvalue weighted by Gasteiger charge is 2.28. The lowest BCUT2D eigenvalue weighted by molar-refractivity contribution is -0.137. The molecule has 0 spiro atoms. The molecule has 178 valence electrons. The minimum absolute atomic E-state index is 0.0152. The lowest BCUT2D eigenvalue weighted by atomic mass is 10.1. The van der Waals surface area contributed by atoms with Crippen LogP contribution in [0.4, 0.5) is 0 Å². The molecule has 1 aromatic heterocycles. The summed E-state index contributed by atoms with van der Waals surface area (Å²) in [7, 11) is 0. The summed E-state index contributed by atoms with van der Waals surface area (Å²) < 4.78 is 11.5. The minimum atomic E-state index is -0.762. The van der Waals surface area contributed by atoms with Crippen molar-refractivity contribution >= 4 is 11.9 Å². The van der Waals surface area contributed by atoms with Gasteiger partial charge in [-0.05, 0) is 68.4 Å². The van der Waals surface area contributed by atoms with Crippen molar-refractivity contribution in [2.45, 2.75) is 45.1 Å². The Balaban J connectivity index is 1.40. The van der Waals surface area contributed by atoms with Gasteiger partial charge in [0.25, 0.3) is 5.91 Å². The Bertz CT molecular complexity index is 1070. The number of nitrogens with zero attached hydrogens (tertiary/aromatic N) is 1. The van der Waals surface area contributed by atoms with Crippen LogP contribution in [0.15, 0.2) is 71.3 Å². The van der Waals surface area contributed by atoms with Crippen molar-refractivity contribution in [2.75, 3.05) is 13.2 Å². The lowest BCUT2D eigenvalue weighted by Gasteiger charge is -2.24. The van der Waals surface area contributed by atoms with E-state index in [1.807, 2.05) is 65.6 Å². The average molecular weight is 462 g/mol. The number of para-hydroxylation sites is 1. The summed E-state index contributed by atoms with van der Waals surface area (Å²) in [5, 5.41) is 8.75. The van der Waals surface area contributed by atoms with Crippen molar-refractivity contribution in [3.8, 4) is 17.1 Å². The first kappa shape index (κ1) is 23.6. The molecular weight excluding hydrogens is 430 g/mol. The van der Waals surface area contributed by atoms with Gasteiger partial charge in [0.05, 0.1) is 12.9 Å². The Morgan fingerprint density at radius 2 is 1.76 bits per heavy atom. The van der Waals surface area contributed by atoms with Crippen molar-refractivity contribution in [2.24, 2.45) is 5.92 Å². The highest BCUT2D eigenvalue weighted by atomic mass is 16.5. The number of rotatable bonds is 13. The summed E-state index contributed by atoms with van der Waals surface area (Å²) in [6, 6.07) is 19.2. The predicted molar refractivity (Wildman–Crippen MR) is 130 cm³/mol. The fourth-order valence-electron chi connectivity index (χ4n) is 3.95. The topological polar surface area (TPSA) is 80.0 Å². The van der Waals surface area contributed by atoms with Gasteiger partial charge in [-0.2, -0.15) is 0 Å². The zero-order chi connectivity index (χ0) is 23.8. The van der Waals surface area contributed by atoms with Gasteiger partial charge in [0.15, 0.2) is 0 Å². The third kappa shape index (κ3) is 6.73. The Kier molecular flexibility index (Phi) is 8.02. The van der Waals surface area contributed by atoms with Crippen LogP contribution >= 0.6 is 0 Å². The van der Waals surface area contributed by atoms with Crippen LogP contribution in [0, 0.1) is 5.92 Å². The molecule has 3 aromatic rings. The van der Waals surface area contributed by atoms with Gasteiger partial charge in [-0.25, -0.2) is 0 Å². The van der Waals surface area contributed by atoms with E-state index in [4.69, 9.17) is 14.3 Å². The molecule has 1 aliphatic carbocycles. The Morgan fingerprint density at radius 3 is 2.47 bits per heavy atom. The van der Waals surface area contributed by atoms with E-state index in [9.17, 15) is 9.59 Å². The number of aliphatic carboxylic acids is 1. The van der Waals surface area contributed by atoms with Crippen LogP contribution in [0.5, 0.6) is 5.75 Å². The first-order valence-corrected chi connectivity index (χ1v) is 12.0. The molecule has 2 aromatic carbocycles. The number of amides is 1. The monoisotopic (exact) mass is 461 g/mol. The predicted octanol–water partition coefficient (Wildman–Crippen LogP) is 6.02. The van der Waals surface area contributed by atoms with E-state index in [2.05, 4.69) is 0 Å². The van der Waals surface area contributed by atoms with Crippen molar-refractivity contribution in [3.63, 3.8) is 0 Å². The normalized spacial score (nSPS) is 12.9. The Morgan fingerprint density at radius 1 is 0.971 bits per heavy atom. The van der Waals surface area contributed by atoms with Gasteiger partial charge >= 0.3 is 5.97 Å². The van der Waals surface area contributed by atoms with Gasteiger partial charge in [-0.1, -0.05) is 30.3 Å². The maximum atomic E-state index is 13.4. The largest absolute Gasteiger partial charge is 0.493 e. The maximum absolute atomic E-state index is 13.4. The van der Waals surface area contributed by atoms with Crippen LogP contribution < -0.4 is 4.74 Å². The first-order valence-electron chi connectivity index (χ1n) is 12.0. The minimum Gasteiger partial charge on any atom is -0.493 e. The molecule has 1 saturated carbocycles. The van der Waals surface area contributed by atoms with Crippen LogP contribution in [0.3, 0.4) is 0 Å². The highest BCUT2D eigenvalue weighted by Crippen LogP contribution is 2.32. The molecule has 1 heterocycles. The molecule has 0 saturated heterocycles. The Hall–Kier alpha value is -3.54. The van der Waals surface area contributed by atoms with E-state index in [0.29, 0.717) is 31.1 Å². The van der Waals surface area contributed by atoms with Crippen molar-refractivity contribution in [1.29, 1.82) is 0 Å². The number of carbonyl (C=O) groups is 2. The molecule has 1 aliphatic rings. The van der Waals surface area contributed by atoms with Crippen molar-refractivity contribution in [1.82, 2.24) is 4.90 Å². The number of ether oxygens (including phenoxy) is 1. The Labute approximate surface area is 200 Å². The van der Waals surface area contributed by atoms with E-state index in [1.165, 1.54) is 0 Å². The van der Waals surface area contributed by atoms with Crippen LogP contribution in [-0.2, 0) is 11.3 Å². The second-order valence-corrected chi connectivity index (χ2v) is 8.84. The smallest absolute Gasteiger partial charge is 0.303 e. The van der Waals surface area contributed by atoms with E-state index in [1.54, 1.807) is 6.26 Å². The zero-order valence-corrected chi connectivity index (χ0v) is 19.3. The standard InChI is InChI=1S/C28H31NO5/c30-27(31)10-2-1-5-17-33-26-8-4-3-7-24(26)20-29(19-21-11-12-21)28(32)23-15-13-22(14-16-23)25-9-6-18-34-25/h3-4,6-9,13-16,18,21H,1-2,5,10-12,17,19-20H2,(H,30,31). The van der Waals surface area contributed by atoms with Gasteiger partial charge in [-0.3, -0.25) is 9.59 Å². The number of furan rings is 1. The summed E-state index contributed by atoms with van der Waals surface area (Å²) in [6.07, 6.45) is 6.43. The number of hydrogen-bond donors (Lipinski definition) is 1. The van der Waals surface area contributed by atoms with E-state index < -0.39 is 5.97 Å². The molecular formula is C28H31NO5. The fourth-order valence-corrected chi connectivity index (χ4v) is 3.95. The zero-order valence-electron chi connectivity index (χ0n) is 19.3. The summed E-state index contributed by atoms with van der Waals surface area (Å²) >= 11 is 0. The molecule has 0 radical (unpaired) electrons. The van der Waals surface area contributed by atoms with E-state index >= 15 is 0 Å². The van der Waals surface area contributed by atoms with Gasteiger partial charge < -0.3 is 19.2 Å². The molecule has 1 N–H and O–H groups in total. The molecule has 6 heteroatoms. The van der Waals surface area contributed by atoms with Crippen molar-refractivity contribution in [3.05, 3.63) is 78.1 Å². The fraction of sp³-hybridized carbons (Fsp3) is 0.357. The number of unbranched alkanes of at least 4 members (excludes halogenated alkanes) is 2. The molecule has 0 bridgehead atoms. The molecule has 6 nitrogen and oxygen atoms in total. The molecule has 4 rings (SSSR count). The number of carboxylic acids is 1. The van der Waals surface area contributed by atoms with Crippen molar-refractivity contribution < 1.29 is 23.8 Å². The summed E-state index contributed by atoms with van der Waals surface area (Å²) in [5.74, 6) is 1.38. The quantitative estimate of drug-likeness (QED) is 0.315. The molecule has 0 unspecified atom stereocenters. The molecule has 0 atom stereocenters. The molecule has 1 amide bonds. The van der Waals surface area contributed by atoms with E-state index in [-0.39, 0.29) is 12.3 Å². The highest BCUT2D eigenvalue weighted by molar-refractivity contribution is 5.94. The second kappa shape index (κ2) is 11.5. The second-order valence-electron chi connectivity index (χ2n) is 8.84. The molecule has 0 aliphatic heterocycles. The third-order valence-corrected chi connectivity index (χ3v) is 6.03. The number of carbonyl (C=O) groups excluding carboxylic acids is 1. The number of benzene rings is 2.